The number of benzene rings is 1. The Morgan fingerprint density at radius 1 is 1.02 bits per heavy atom. The van der Waals surface area contributed by atoms with Crippen molar-refractivity contribution in [2.75, 3.05) is 11.9 Å². The smallest absolute Gasteiger partial charge is 0.410 e. The molecule has 4 aromatic rings. The number of pyridine rings is 1. The number of nitrogens with zero attached hydrogens (tertiary/aromatic N) is 6. The van der Waals surface area contributed by atoms with E-state index in [1.165, 1.54) is 23.1 Å². The molecule has 43 heavy (non-hydrogen) atoms. The van der Waals surface area contributed by atoms with Crippen LogP contribution in [0.3, 0.4) is 0 Å². The molecule has 0 radical (unpaired) electrons. The minimum Gasteiger partial charge on any atom is -0.444 e. The predicted molar refractivity (Wildman–Crippen MR) is 156 cm³/mol. The Morgan fingerprint density at radius 3 is 2.44 bits per heavy atom. The summed E-state index contributed by atoms with van der Waals surface area (Å²) >= 11 is 0. The van der Waals surface area contributed by atoms with Crippen molar-refractivity contribution >= 4 is 28.8 Å². The maximum atomic E-state index is 13.6. The molecule has 0 bridgehead atoms. The zero-order chi connectivity index (χ0) is 31.3. The summed E-state index contributed by atoms with van der Waals surface area (Å²) < 4.78 is 48.1. The van der Waals surface area contributed by atoms with E-state index in [1.54, 1.807) is 11.0 Å². The number of hydrogen-bond donors (Lipinski definition) is 1. The first-order valence-corrected chi connectivity index (χ1v) is 13.9. The van der Waals surface area contributed by atoms with Gasteiger partial charge in [-0.25, -0.2) is 19.1 Å². The Bertz CT molecular complexity index is 1750. The number of ether oxygens (including phenoxy) is 1. The topological polar surface area (TPSA) is 107 Å². The molecule has 1 aliphatic rings. The Kier molecular flexibility index (Phi) is 7.47. The van der Waals surface area contributed by atoms with Crippen molar-refractivity contribution in [3.05, 3.63) is 69.9 Å². The van der Waals surface area contributed by atoms with Crippen LogP contribution in [-0.4, -0.2) is 53.6 Å². The molecule has 0 saturated heterocycles. The summed E-state index contributed by atoms with van der Waals surface area (Å²) in [5.74, 6) is 0.0928. The van der Waals surface area contributed by atoms with E-state index in [-0.39, 0.29) is 22.4 Å². The standard InChI is InChI=1S/C30H34F3N7O3/c1-28(2,3)23-14-21(9-11-34-23)40-24-22(25(41)39(40)17-30(31,32)33)15-35-26(37-24)36-20-8-7-18-10-12-38(16-19(18)13-20)27(42)43-29(4,5)6/h7-9,11,13-15H,10,12,16-17H2,1-6H3,(H,35,36,37). The second-order valence-corrected chi connectivity index (χ2v) is 12.6. The van der Waals surface area contributed by atoms with Gasteiger partial charge in [0.05, 0.1) is 5.69 Å². The lowest BCUT2D eigenvalue weighted by molar-refractivity contribution is -0.144. The molecule has 1 amide bonds. The SMILES string of the molecule is CC(C)(C)OC(=O)N1CCc2ccc(Nc3ncc4c(=O)n(CC(F)(F)F)n(-c5ccnc(C(C)(C)C)c5)c4n3)cc2C1. The van der Waals surface area contributed by atoms with Crippen molar-refractivity contribution in [1.29, 1.82) is 0 Å². The van der Waals surface area contributed by atoms with Gasteiger partial charge in [-0.2, -0.15) is 18.2 Å². The first-order chi connectivity index (χ1) is 20.0. The lowest BCUT2D eigenvalue weighted by atomic mass is 9.91. The second kappa shape index (κ2) is 10.7. The Labute approximate surface area is 246 Å². The van der Waals surface area contributed by atoms with E-state index >= 15 is 0 Å². The second-order valence-electron chi connectivity index (χ2n) is 12.6. The number of aromatic nitrogens is 5. The molecule has 1 aromatic carbocycles. The predicted octanol–water partition coefficient (Wildman–Crippen LogP) is 5.87. The molecule has 4 heterocycles. The fraction of sp³-hybridized carbons (Fsp3) is 0.433. The van der Waals surface area contributed by atoms with Crippen molar-refractivity contribution in [1.82, 2.24) is 29.2 Å². The molecule has 0 saturated carbocycles. The van der Waals surface area contributed by atoms with Crippen molar-refractivity contribution in [3.8, 4) is 5.69 Å². The Morgan fingerprint density at radius 2 is 1.77 bits per heavy atom. The number of amides is 1. The molecule has 1 N–H and O–H groups in total. The lowest BCUT2D eigenvalue weighted by Crippen LogP contribution is -2.39. The van der Waals surface area contributed by atoms with Gasteiger partial charge in [0, 0.05) is 42.3 Å². The highest BCUT2D eigenvalue weighted by Crippen LogP contribution is 2.28. The molecule has 13 heteroatoms. The third-order valence-corrected chi connectivity index (χ3v) is 6.89. The number of anilines is 2. The number of fused-ring (bicyclic) bond motifs is 2. The molecular weight excluding hydrogens is 563 g/mol. The van der Waals surface area contributed by atoms with Gasteiger partial charge in [-0.3, -0.25) is 9.78 Å². The van der Waals surface area contributed by atoms with Gasteiger partial charge in [-0.15, -0.1) is 0 Å². The van der Waals surface area contributed by atoms with Crippen molar-refractivity contribution in [3.63, 3.8) is 0 Å². The summed E-state index contributed by atoms with van der Waals surface area (Å²) in [6.07, 6.45) is -1.65. The summed E-state index contributed by atoms with van der Waals surface area (Å²) in [4.78, 5) is 40.5. The first-order valence-electron chi connectivity index (χ1n) is 13.9. The van der Waals surface area contributed by atoms with E-state index < -0.39 is 30.0 Å². The van der Waals surface area contributed by atoms with Crippen molar-refractivity contribution in [2.45, 2.75) is 78.2 Å². The minimum absolute atomic E-state index is 0.0203. The Balaban J connectivity index is 1.52. The summed E-state index contributed by atoms with van der Waals surface area (Å²) in [5.41, 5.74) is 1.75. The highest BCUT2D eigenvalue weighted by molar-refractivity contribution is 5.77. The van der Waals surface area contributed by atoms with Gasteiger partial charge in [0.15, 0.2) is 5.65 Å². The molecule has 3 aromatic heterocycles. The van der Waals surface area contributed by atoms with Gasteiger partial charge in [-0.1, -0.05) is 26.8 Å². The molecule has 0 unspecified atom stereocenters. The molecule has 0 fully saturated rings. The largest absolute Gasteiger partial charge is 0.444 e. The zero-order valence-corrected chi connectivity index (χ0v) is 24.9. The maximum Gasteiger partial charge on any atom is 0.410 e. The van der Waals surface area contributed by atoms with Crippen LogP contribution in [0, 0.1) is 0 Å². The molecular formula is C30H34F3N7O3. The van der Waals surface area contributed by atoms with E-state index in [9.17, 15) is 22.8 Å². The lowest BCUT2D eigenvalue weighted by Gasteiger charge is -2.31. The molecule has 0 aliphatic carbocycles. The summed E-state index contributed by atoms with van der Waals surface area (Å²) in [6.45, 7) is 10.6. The van der Waals surface area contributed by atoms with Crippen LogP contribution in [0.15, 0.2) is 47.5 Å². The van der Waals surface area contributed by atoms with Gasteiger partial charge in [0.1, 0.15) is 17.5 Å². The fourth-order valence-electron chi connectivity index (χ4n) is 4.87. The summed E-state index contributed by atoms with van der Waals surface area (Å²) in [6, 6.07) is 8.86. The molecule has 10 nitrogen and oxygen atoms in total. The number of nitrogens with one attached hydrogen (secondary N) is 1. The van der Waals surface area contributed by atoms with Gasteiger partial charge in [0.25, 0.3) is 5.56 Å². The number of alkyl halides is 3. The first kappa shape index (κ1) is 30.1. The maximum absolute atomic E-state index is 13.6. The molecule has 0 spiro atoms. The number of carbonyl (C=O) groups excluding carboxylic acids is 1. The Hall–Kier alpha value is -4.42. The minimum atomic E-state index is -4.65. The zero-order valence-electron chi connectivity index (χ0n) is 24.9. The van der Waals surface area contributed by atoms with E-state index in [0.717, 1.165) is 11.1 Å². The van der Waals surface area contributed by atoms with Gasteiger partial charge < -0.3 is 15.0 Å². The molecule has 5 rings (SSSR count). The third-order valence-electron chi connectivity index (χ3n) is 6.89. The van der Waals surface area contributed by atoms with Crippen molar-refractivity contribution in [2.24, 2.45) is 0 Å². The van der Waals surface area contributed by atoms with Crippen LogP contribution in [0.5, 0.6) is 0 Å². The number of halogens is 3. The number of hydrogen-bond acceptors (Lipinski definition) is 7. The van der Waals surface area contributed by atoms with E-state index in [4.69, 9.17) is 4.74 Å². The van der Waals surface area contributed by atoms with Gasteiger partial charge in [-0.05, 0) is 62.6 Å². The fourth-order valence-corrected chi connectivity index (χ4v) is 4.87. The van der Waals surface area contributed by atoms with Crippen LogP contribution >= 0.6 is 0 Å². The molecule has 228 valence electrons. The number of rotatable bonds is 4. The van der Waals surface area contributed by atoms with Crippen LogP contribution in [0.1, 0.15) is 58.4 Å². The van der Waals surface area contributed by atoms with Crippen LogP contribution < -0.4 is 10.9 Å². The summed E-state index contributed by atoms with van der Waals surface area (Å²) in [5, 5.41) is 3.05. The van der Waals surface area contributed by atoms with Crippen LogP contribution in [0.25, 0.3) is 16.7 Å². The normalized spacial score (nSPS) is 14.1. The van der Waals surface area contributed by atoms with Crippen molar-refractivity contribution < 1.29 is 22.7 Å². The monoisotopic (exact) mass is 597 g/mol. The van der Waals surface area contributed by atoms with Gasteiger partial charge >= 0.3 is 12.3 Å². The highest BCUT2D eigenvalue weighted by Gasteiger charge is 2.32. The average molecular weight is 598 g/mol. The molecule has 0 atom stereocenters. The quantitative estimate of drug-likeness (QED) is 0.313. The number of carbonyl (C=O) groups is 1. The summed E-state index contributed by atoms with van der Waals surface area (Å²) in [7, 11) is 0. The van der Waals surface area contributed by atoms with E-state index in [2.05, 4.69) is 20.3 Å². The van der Waals surface area contributed by atoms with E-state index in [1.807, 2.05) is 59.7 Å². The average Bonchev–Trinajstić information content (AvgIpc) is 3.16. The van der Waals surface area contributed by atoms with Crippen LogP contribution in [-0.2, 0) is 29.7 Å². The van der Waals surface area contributed by atoms with Crippen LogP contribution in [0.2, 0.25) is 0 Å². The van der Waals surface area contributed by atoms with Crippen LogP contribution in [0.4, 0.5) is 29.6 Å². The highest BCUT2D eigenvalue weighted by atomic mass is 19.4. The van der Waals surface area contributed by atoms with Gasteiger partial charge in [0.2, 0.25) is 5.95 Å². The third kappa shape index (κ3) is 6.65. The van der Waals surface area contributed by atoms with E-state index in [0.29, 0.717) is 41.3 Å². The molecule has 1 aliphatic heterocycles.